The van der Waals surface area contributed by atoms with Crippen LogP contribution in [-0.2, 0) is 0 Å². The number of hydrogen-bond acceptors (Lipinski definition) is 7. The fourth-order valence-electron chi connectivity index (χ4n) is 3.00. The van der Waals surface area contributed by atoms with Gasteiger partial charge in [-0.2, -0.15) is 9.78 Å². The summed E-state index contributed by atoms with van der Waals surface area (Å²) in [4.78, 5) is 18.0. The number of thiophene rings is 1. The van der Waals surface area contributed by atoms with E-state index in [1.54, 1.807) is 19.1 Å². The molecular formula is C20H17N3O4S. The fourth-order valence-corrected chi connectivity index (χ4v) is 3.96. The Balaban J connectivity index is 1.85. The molecule has 0 spiro atoms. The molecule has 4 aromatic rings. The van der Waals surface area contributed by atoms with E-state index < -0.39 is 0 Å². The smallest absolute Gasteiger partial charge is 0.282 e. The summed E-state index contributed by atoms with van der Waals surface area (Å²) in [5.74, 6) is 1.50. The first-order valence-corrected chi connectivity index (χ1v) is 9.25. The van der Waals surface area contributed by atoms with Crippen LogP contribution in [0.4, 0.5) is 0 Å². The molecule has 2 aromatic heterocycles. The number of aryl methyl sites for hydroxylation is 1. The van der Waals surface area contributed by atoms with E-state index >= 15 is 0 Å². The second-order valence-electron chi connectivity index (χ2n) is 6.06. The van der Waals surface area contributed by atoms with E-state index in [2.05, 4.69) is 10.1 Å². The number of rotatable bonds is 4. The van der Waals surface area contributed by atoms with Gasteiger partial charge in [0.25, 0.3) is 5.56 Å². The minimum absolute atomic E-state index is 0.148. The van der Waals surface area contributed by atoms with E-state index in [0.717, 1.165) is 10.1 Å². The van der Waals surface area contributed by atoms with Gasteiger partial charge in [-0.3, -0.25) is 4.79 Å². The van der Waals surface area contributed by atoms with Gasteiger partial charge in [-0.1, -0.05) is 12.1 Å². The third-order valence-corrected chi connectivity index (χ3v) is 5.49. The molecule has 2 heterocycles. The van der Waals surface area contributed by atoms with Gasteiger partial charge >= 0.3 is 0 Å². The molecule has 0 aliphatic heterocycles. The maximum atomic E-state index is 12.9. The second kappa shape index (κ2) is 6.97. The van der Waals surface area contributed by atoms with Gasteiger partial charge in [-0.25, -0.2) is 4.98 Å². The van der Waals surface area contributed by atoms with Crippen molar-refractivity contribution in [1.29, 1.82) is 0 Å². The number of hydrogen-bond donors (Lipinski definition) is 1. The quantitative estimate of drug-likeness (QED) is 0.534. The van der Waals surface area contributed by atoms with Crippen molar-refractivity contribution in [3.63, 3.8) is 0 Å². The van der Waals surface area contributed by atoms with Gasteiger partial charge in [0.1, 0.15) is 11.6 Å². The van der Waals surface area contributed by atoms with Gasteiger partial charge in [0.15, 0.2) is 11.5 Å². The predicted octanol–water partition coefficient (Wildman–Crippen LogP) is 3.52. The molecule has 4 rings (SSSR count). The number of aromatic nitrogens is 2. The second-order valence-corrected chi connectivity index (χ2v) is 7.14. The molecule has 0 atom stereocenters. The number of ether oxygens (including phenoxy) is 2. The van der Waals surface area contributed by atoms with Crippen LogP contribution in [0.25, 0.3) is 21.0 Å². The number of benzene rings is 2. The SMILES string of the molecule is COc1cc2nc(C)n(N=Cc3sc4ccccc4c3O)c(=O)c2cc1OC. The predicted molar refractivity (Wildman–Crippen MR) is 110 cm³/mol. The minimum Gasteiger partial charge on any atom is -0.506 e. The number of methoxy groups -OCH3 is 2. The molecule has 0 unspecified atom stereocenters. The maximum absolute atomic E-state index is 12.9. The lowest BCUT2D eigenvalue weighted by atomic mass is 10.2. The molecule has 142 valence electrons. The molecule has 1 N–H and O–H groups in total. The van der Waals surface area contributed by atoms with Crippen molar-refractivity contribution in [2.75, 3.05) is 14.2 Å². The van der Waals surface area contributed by atoms with E-state index in [4.69, 9.17) is 9.47 Å². The topological polar surface area (TPSA) is 85.9 Å². The number of fused-ring (bicyclic) bond motifs is 2. The van der Waals surface area contributed by atoms with Crippen LogP contribution in [0.15, 0.2) is 46.3 Å². The summed E-state index contributed by atoms with van der Waals surface area (Å²) >= 11 is 1.40. The highest BCUT2D eigenvalue weighted by atomic mass is 32.1. The van der Waals surface area contributed by atoms with Crippen LogP contribution in [0.2, 0.25) is 0 Å². The Morgan fingerprint density at radius 3 is 2.57 bits per heavy atom. The van der Waals surface area contributed by atoms with Crippen LogP contribution in [0.1, 0.15) is 10.7 Å². The summed E-state index contributed by atoms with van der Waals surface area (Å²) in [6.07, 6.45) is 1.47. The van der Waals surface area contributed by atoms with E-state index in [1.807, 2.05) is 24.3 Å². The highest BCUT2D eigenvalue weighted by molar-refractivity contribution is 7.21. The van der Waals surface area contributed by atoms with Crippen molar-refractivity contribution in [2.45, 2.75) is 6.92 Å². The zero-order valence-corrected chi connectivity index (χ0v) is 16.3. The van der Waals surface area contributed by atoms with Gasteiger partial charge in [0.2, 0.25) is 0 Å². The Bertz CT molecular complexity index is 1290. The fraction of sp³-hybridized carbons (Fsp3) is 0.150. The van der Waals surface area contributed by atoms with E-state index in [1.165, 1.54) is 36.4 Å². The molecular weight excluding hydrogens is 378 g/mol. The first-order valence-electron chi connectivity index (χ1n) is 8.43. The molecule has 8 heteroatoms. The Morgan fingerprint density at radius 1 is 1.14 bits per heavy atom. The zero-order chi connectivity index (χ0) is 19.8. The lowest BCUT2D eigenvalue weighted by molar-refractivity contribution is 0.355. The molecule has 7 nitrogen and oxygen atoms in total. The third-order valence-electron chi connectivity index (χ3n) is 4.40. The van der Waals surface area contributed by atoms with Crippen LogP contribution in [0, 0.1) is 6.92 Å². The molecule has 0 radical (unpaired) electrons. The summed E-state index contributed by atoms with van der Waals surface area (Å²) in [6, 6.07) is 10.8. The van der Waals surface area contributed by atoms with Gasteiger partial charge in [-0.15, -0.1) is 11.3 Å². The number of nitrogens with zero attached hydrogens (tertiary/aromatic N) is 3. The van der Waals surface area contributed by atoms with Gasteiger partial charge < -0.3 is 14.6 Å². The molecule has 0 saturated carbocycles. The van der Waals surface area contributed by atoms with Crippen molar-refractivity contribution in [3.05, 3.63) is 57.5 Å². The standard InChI is InChI=1S/C20H17N3O4S/c1-11-22-14-9-16(27-3)15(26-2)8-13(14)20(25)23(11)21-10-18-19(24)12-6-4-5-7-17(12)28-18/h4-10,24H,1-3H3. The normalized spacial score (nSPS) is 11.5. The van der Waals surface area contributed by atoms with Crippen LogP contribution in [0.3, 0.4) is 0 Å². The molecule has 0 fully saturated rings. The Hall–Kier alpha value is -3.39. The first kappa shape index (κ1) is 18.0. The van der Waals surface area contributed by atoms with E-state index in [9.17, 15) is 9.90 Å². The summed E-state index contributed by atoms with van der Waals surface area (Å²) in [7, 11) is 3.03. The van der Waals surface area contributed by atoms with Crippen LogP contribution in [-0.4, -0.2) is 35.2 Å². The highest BCUT2D eigenvalue weighted by Crippen LogP contribution is 2.35. The largest absolute Gasteiger partial charge is 0.506 e. The Labute approximate surface area is 164 Å². The van der Waals surface area contributed by atoms with Crippen molar-refractivity contribution >= 4 is 38.5 Å². The average molecular weight is 395 g/mol. The van der Waals surface area contributed by atoms with Crippen molar-refractivity contribution in [1.82, 2.24) is 9.66 Å². The average Bonchev–Trinajstić information content (AvgIpc) is 3.03. The molecule has 28 heavy (non-hydrogen) atoms. The maximum Gasteiger partial charge on any atom is 0.282 e. The monoisotopic (exact) mass is 395 g/mol. The summed E-state index contributed by atoms with van der Waals surface area (Å²) < 4.78 is 12.7. The van der Waals surface area contributed by atoms with E-state index in [0.29, 0.717) is 33.1 Å². The van der Waals surface area contributed by atoms with Crippen LogP contribution < -0.4 is 15.0 Å². The summed E-state index contributed by atoms with van der Waals surface area (Å²) in [6.45, 7) is 1.69. The van der Waals surface area contributed by atoms with Crippen molar-refractivity contribution in [3.8, 4) is 17.2 Å². The lowest BCUT2D eigenvalue weighted by Gasteiger charge is -2.10. The molecule has 0 saturated heterocycles. The molecule has 0 bridgehead atoms. The van der Waals surface area contributed by atoms with Crippen molar-refractivity contribution in [2.24, 2.45) is 5.10 Å². The van der Waals surface area contributed by atoms with Crippen LogP contribution in [0.5, 0.6) is 17.2 Å². The van der Waals surface area contributed by atoms with E-state index in [-0.39, 0.29) is 11.3 Å². The van der Waals surface area contributed by atoms with Gasteiger partial charge in [-0.05, 0) is 25.1 Å². The molecule has 2 aromatic carbocycles. The molecule has 0 aliphatic rings. The minimum atomic E-state index is -0.333. The Kier molecular flexibility index (Phi) is 4.48. The van der Waals surface area contributed by atoms with Gasteiger partial charge in [0, 0.05) is 16.2 Å². The Morgan fingerprint density at radius 2 is 1.86 bits per heavy atom. The highest BCUT2D eigenvalue weighted by Gasteiger charge is 2.14. The number of aromatic hydroxyl groups is 1. The van der Waals surface area contributed by atoms with Crippen molar-refractivity contribution < 1.29 is 14.6 Å². The molecule has 0 aliphatic carbocycles. The zero-order valence-electron chi connectivity index (χ0n) is 15.5. The van der Waals surface area contributed by atoms with Gasteiger partial charge in [0.05, 0.1) is 36.2 Å². The lowest BCUT2D eigenvalue weighted by Crippen LogP contribution is -2.20. The van der Waals surface area contributed by atoms with Crippen LogP contribution >= 0.6 is 11.3 Å². The summed E-state index contributed by atoms with van der Waals surface area (Å²) in [5.41, 5.74) is 0.164. The summed E-state index contributed by atoms with van der Waals surface area (Å²) in [5, 5.41) is 15.8. The first-order chi connectivity index (χ1) is 13.5. The third kappa shape index (κ3) is 2.87. The molecule has 0 amide bonds.